The number of methoxy groups -OCH3 is 2. The van der Waals surface area contributed by atoms with Gasteiger partial charge in [0.1, 0.15) is 17.2 Å². The van der Waals surface area contributed by atoms with Crippen molar-refractivity contribution in [3.05, 3.63) is 47.8 Å². The predicted octanol–water partition coefficient (Wildman–Crippen LogP) is 3.29. The summed E-state index contributed by atoms with van der Waals surface area (Å²) in [5.74, 6) is 1.56. The van der Waals surface area contributed by atoms with Gasteiger partial charge in [-0.3, -0.25) is 9.69 Å². The summed E-state index contributed by atoms with van der Waals surface area (Å²) in [7, 11) is 3.22. The Kier molecular flexibility index (Phi) is 6.77. The average molecular weight is 455 g/mol. The van der Waals surface area contributed by atoms with E-state index in [2.05, 4.69) is 20.1 Å². The maximum Gasteiger partial charge on any atom is 0.240 e. The molecule has 168 valence electrons. The molecule has 8 nitrogen and oxygen atoms in total. The number of phenols is 1. The fourth-order valence-electron chi connectivity index (χ4n) is 3.65. The first kappa shape index (κ1) is 21.9. The largest absolute Gasteiger partial charge is 0.508 e. The van der Waals surface area contributed by atoms with E-state index in [4.69, 9.17) is 9.47 Å². The van der Waals surface area contributed by atoms with Crippen LogP contribution >= 0.6 is 11.3 Å². The van der Waals surface area contributed by atoms with E-state index in [0.717, 1.165) is 43.1 Å². The normalized spacial score (nSPS) is 14.2. The average Bonchev–Trinajstić information content (AvgIpc) is 3.27. The molecule has 0 saturated carbocycles. The Hall–Kier alpha value is -3.30. The third-order valence-corrected chi connectivity index (χ3v) is 6.15. The molecule has 2 heterocycles. The van der Waals surface area contributed by atoms with Crippen molar-refractivity contribution in [3.8, 4) is 28.5 Å². The van der Waals surface area contributed by atoms with Crippen LogP contribution in [0.2, 0.25) is 0 Å². The van der Waals surface area contributed by atoms with Gasteiger partial charge in [0, 0.05) is 48.9 Å². The van der Waals surface area contributed by atoms with Gasteiger partial charge in [-0.25, -0.2) is 4.98 Å². The highest BCUT2D eigenvalue weighted by Crippen LogP contribution is 2.34. The number of piperazine rings is 1. The molecule has 0 radical (unpaired) electrons. The molecule has 1 aliphatic rings. The molecule has 0 atom stereocenters. The number of rotatable bonds is 7. The van der Waals surface area contributed by atoms with Crippen molar-refractivity contribution in [3.63, 3.8) is 0 Å². The third kappa shape index (κ3) is 5.12. The molecule has 32 heavy (non-hydrogen) atoms. The van der Waals surface area contributed by atoms with Crippen LogP contribution in [0.15, 0.2) is 47.8 Å². The molecular weight excluding hydrogens is 428 g/mol. The Morgan fingerprint density at radius 1 is 1.09 bits per heavy atom. The number of benzene rings is 2. The van der Waals surface area contributed by atoms with Gasteiger partial charge in [-0.2, -0.15) is 0 Å². The van der Waals surface area contributed by atoms with E-state index in [1.165, 1.54) is 11.3 Å². The summed E-state index contributed by atoms with van der Waals surface area (Å²) in [5.41, 5.74) is 2.67. The van der Waals surface area contributed by atoms with Crippen LogP contribution in [0.25, 0.3) is 11.3 Å². The number of carbonyl (C=O) groups is 1. The van der Waals surface area contributed by atoms with Crippen LogP contribution in [0.5, 0.6) is 17.2 Å². The highest BCUT2D eigenvalue weighted by molar-refractivity contribution is 7.14. The standard InChI is InChI=1S/C23H26N4O4S/c1-30-18-7-8-19(21(13-18)31-2)20-15-32-23(24-20)25-22(29)14-26-9-11-27(12-10-26)16-3-5-17(28)6-4-16/h3-8,13,15,28H,9-12,14H2,1-2H3,(H,24,25,29). The van der Waals surface area contributed by atoms with Gasteiger partial charge in [0.05, 0.1) is 26.5 Å². The fraction of sp³-hybridized carbons (Fsp3) is 0.304. The molecule has 0 unspecified atom stereocenters. The SMILES string of the molecule is COc1ccc(-c2csc(NC(=O)CN3CCN(c4ccc(O)cc4)CC3)n2)c(OC)c1. The van der Waals surface area contributed by atoms with Gasteiger partial charge in [-0.15, -0.1) is 11.3 Å². The molecule has 0 aliphatic carbocycles. The smallest absolute Gasteiger partial charge is 0.240 e. The minimum Gasteiger partial charge on any atom is -0.508 e. The van der Waals surface area contributed by atoms with E-state index in [0.29, 0.717) is 23.2 Å². The van der Waals surface area contributed by atoms with E-state index in [1.54, 1.807) is 26.4 Å². The number of aromatic nitrogens is 1. The van der Waals surface area contributed by atoms with Crippen LogP contribution in [0.4, 0.5) is 10.8 Å². The van der Waals surface area contributed by atoms with Crippen molar-refractivity contribution in [1.29, 1.82) is 0 Å². The highest BCUT2D eigenvalue weighted by Gasteiger charge is 2.20. The number of ether oxygens (including phenoxy) is 2. The number of nitrogens with zero attached hydrogens (tertiary/aromatic N) is 3. The van der Waals surface area contributed by atoms with Crippen molar-refractivity contribution in [2.24, 2.45) is 0 Å². The van der Waals surface area contributed by atoms with Crippen LogP contribution in [-0.2, 0) is 4.79 Å². The maximum absolute atomic E-state index is 12.6. The van der Waals surface area contributed by atoms with Gasteiger partial charge in [0.15, 0.2) is 5.13 Å². The van der Waals surface area contributed by atoms with Crippen LogP contribution in [0.3, 0.4) is 0 Å². The Balaban J connectivity index is 1.31. The van der Waals surface area contributed by atoms with Gasteiger partial charge in [-0.05, 0) is 36.4 Å². The zero-order chi connectivity index (χ0) is 22.5. The molecule has 4 rings (SSSR count). The van der Waals surface area contributed by atoms with Gasteiger partial charge in [0.25, 0.3) is 0 Å². The summed E-state index contributed by atoms with van der Waals surface area (Å²) in [4.78, 5) is 21.5. The minimum absolute atomic E-state index is 0.0781. The Morgan fingerprint density at radius 2 is 1.84 bits per heavy atom. The third-order valence-electron chi connectivity index (χ3n) is 5.39. The molecular formula is C23H26N4O4S. The number of hydrogen-bond donors (Lipinski definition) is 2. The molecule has 0 spiro atoms. The van der Waals surface area contributed by atoms with E-state index in [1.807, 2.05) is 35.7 Å². The van der Waals surface area contributed by atoms with Crippen molar-refractivity contribution in [2.75, 3.05) is 57.2 Å². The minimum atomic E-state index is -0.0781. The molecule has 1 amide bonds. The zero-order valence-corrected chi connectivity index (χ0v) is 18.9. The van der Waals surface area contributed by atoms with Crippen LogP contribution < -0.4 is 19.7 Å². The molecule has 1 saturated heterocycles. The van der Waals surface area contributed by atoms with Gasteiger partial charge in [0.2, 0.25) is 5.91 Å². The molecule has 1 fully saturated rings. The van der Waals surface area contributed by atoms with Crippen LogP contribution in [0.1, 0.15) is 0 Å². The quantitative estimate of drug-likeness (QED) is 0.566. The number of carbonyl (C=O) groups excluding carboxylic acids is 1. The van der Waals surface area contributed by atoms with Crippen molar-refractivity contribution in [2.45, 2.75) is 0 Å². The second-order valence-electron chi connectivity index (χ2n) is 7.43. The molecule has 1 aromatic heterocycles. The second-order valence-corrected chi connectivity index (χ2v) is 8.29. The fourth-order valence-corrected chi connectivity index (χ4v) is 4.38. The van der Waals surface area contributed by atoms with E-state index < -0.39 is 0 Å². The molecule has 9 heteroatoms. The lowest BCUT2D eigenvalue weighted by atomic mass is 10.1. The number of hydrogen-bond acceptors (Lipinski definition) is 8. The molecule has 2 aromatic carbocycles. The van der Waals surface area contributed by atoms with Gasteiger partial charge >= 0.3 is 0 Å². The first-order valence-electron chi connectivity index (χ1n) is 10.3. The van der Waals surface area contributed by atoms with Crippen molar-refractivity contribution >= 4 is 28.1 Å². The first-order valence-corrected chi connectivity index (χ1v) is 11.2. The monoisotopic (exact) mass is 454 g/mol. The highest BCUT2D eigenvalue weighted by atomic mass is 32.1. The van der Waals surface area contributed by atoms with Crippen LogP contribution in [-0.4, -0.2) is 67.8 Å². The number of thiazole rings is 1. The summed E-state index contributed by atoms with van der Waals surface area (Å²) < 4.78 is 10.7. The Morgan fingerprint density at radius 3 is 2.53 bits per heavy atom. The summed E-state index contributed by atoms with van der Waals surface area (Å²) in [6.07, 6.45) is 0. The molecule has 1 aliphatic heterocycles. The number of aromatic hydroxyl groups is 1. The summed E-state index contributed by atoms with van der Waals surface area (Å²) in [6, 6.07) is 12.8. The van der Waals surface area contributed by atoms with E-state index in [9.17, 15) is 9.90 Å². The summed E-state index contributed by atoms with van der Waals surface area (Å²) in [5, 5.41) is 14.8. The number of nitrogens with one attached hydrogen (secondary N) is 1. The van der Waals surface area contributed by atoms with Crippen molar-refractivity contribution < 1.29 is 19.4 Å². The lowest BCUT2D eigenvalue weighted by Gasteiger charge is -2.35. The van der Waals surface area contributed by atoms with Crippen LogP contribution in [0, 0.1) is 0 Å². The summed E-state index contributed by atoms with van der Waals surface area (Å²) in [6.45, 7) is 3.57. The molecule has 2 N–H and O–H groups in total. The zero-order valence-electron chi connectivity index (χ0n) is 18.1. The molecule has 0 bridgehead atoms. The Labute approximate surface area is 191 Å². The van der Waals surface area contributed by atoms with Crippen molar-refractivity contribution in [1.82, 2.24) is 9.88 Å². The lowest BCUT2D eigenvalue weighted by Crippen LogP contribution is -2.48. The van der Waals surface area contributed by atoms with Gasteiger partial charge in [-0.1, -0.05) is 0 Å². The Bertz CT molecular complexity index is 1060. The predicted molar refractivity (Wildman–Crippen MR) is 126 cm³/mol. The number of phenolic OH excluding ortho intramolecular Hbond substituents is 1. The number of amides is 1. The molecule has 3 aromatic rings. The van der Waals surface area contributed by atoms with E-state index >= 15 is 0 Å². The first-order chi connectivity index (χ1) is 15.6. The lowest BCUT2D eigenvalue weighted by molar-refractivity contribution is -0.117. The summed E-state index contributed by atoms with van der Waals surface area (Å²) >= 11 is 1.39. The van der Waals surface area contributed by atoms with E-state index in [-0.39, 0.29) is 11.7 Å². The second kappa shape index (κ2) is 9.88. The topological polar surface area (TPSA) is 87.2 Å². The van der Waals surface area contributed by atoms with Gasteiger partial charge < -0.3 is 24.8 Å². The number of anilines is 2. The maximum atomic E-state index is 12.6.